The van der Waals surface area contributed by atoms with Crippen molar-refractivity contribution in [3.8, 4) is 0 Å². The van der Waals surface area contributed by atoms with Crippen LogP contribution in [-0.4, -0.2) is 83.1 Å². The molecule has 1 aliphatic carbocycles. The van der Waals surface area contributed by atoms with Crippen LogP contribution in [0.4, 0.5) is 17.3 Å². The van der Waals surface area contributed by atoms with Crippen LogP contribution in [0.3, 0.4) is 0 Å². The topological polar surface area (TPSA) is 150 Å². The second-order valence-corrected chi connectivity index (χ2v) is 10.7. The molecule has 234 valence electrons. The van der Waals surface area contributed by atoms with E-state index < -0.39 is 0 Å². The number of likely N-dealkylation sites (N-methyl/N-ethyl adjacent to an activating group) is 1. The fraction of sp³-hybridized carbons (Fsp3) is 0.419. The molecule has 0 saturated heterocycles. The Kier molecular flexibility index (Phi) is 12.2. The van der Waals surface area contributed by atoms with Crippen molar-refractivity contribution in [2.45, 2.75) is 53.0 Å². The molecule has 13 heteroatoms. The van der Waals surface area contributed by atoms with Crippen molar-refractivity contribution in [3.05, 3.63) is 53.4 Å². The summed E-state index contributed by atoms with van der Waals surface area (Å²) in [6.45, 7) is 11.9. The summed E-state index contributed by atoms with van der Waals surface area (Å²) in [5, 5.41) is 5.80. The van der Waals surface area contributed by atoms with Crippen LogP contribution >= 0.6 is 0 Å². The molecule has 13 nitrogen and oxygen atoms in total. The van der Waals surface area contributed by atoms with Crippen LogP contribution in [0.5, 0.6) is 0 Å². The fourth-order valence-corrected chi connectivity index (χ4v) is 4.03. The number of rotatable bonds is 14. The molecular weight excluding hydrogens is 560 g/mol. The Morgan fingerprint density at radius 3 is 2.52 bits per heavy atom. The van der Waals surface area contributed by atoms with Gasteiger partial charge in [-0.3, -0.25) is 24.4 Å². The molecule has 3 aromatic rings. The standard InChI is InChI=1S/C22H28N8O3.C9H14N2/c1-6-16-7-18(30(13-32)11-21(33)28(4)5)22-27-17(10-29(22)9-16)14(2)24-20-8-19(23-12-31)25-15(3)26-20;1-8(10-2)5-6-11-7-9-3-4-9/h7-10,12-14H,6,11H2,1-5H3,(H2,23,24,25,26,31);5-6,9H,2-4,7H2,1H3/b;8-5-,11-6?/t14-;/m1./s1. The third-order valence-electron chi connectivity index (χ3n) is 6.84. The molecule has 0 aromatic carbocycles. The number of aliphatic imine (C=N–C) groups is 2. The Labute approximate surface area is 258 Å². The van der Waals surface area contributed by atoms with Gasteiger partial charge in [0.2, 0.25) is 18.7 Å². The number of allylic oxidation sites excluding steroid dienone is 2. The predicted molar refractivity (Wildman–Crippen MR) is 175 cm³/mol. The van der Waals surface area contributed by atoms with Gasteiger partial charge in [0, 0.05) is 51.0 Å². The molecular formula is C31H42N10O3. The molecule has 2 N–H and O–H groups in total. The highest BCUT2D eigenvalue weighted by Crippen LogP contribution is 2.29. The average Bonchev–Trinajstić information content (AvgIpc) is 3.72. The minimum atomic E-state index is -0.241. The van der Waals surface area contributed by atoms with Crippen molar-refractivity contribution in [2.24, 2.45) is 15.9 Å². The maximum Gasteiger partial charge on any atom is 0.242 e. The first-order valence-corrected chi connectivity index (χ1v) is 14.5. The quantitative estimate of drug-likeness (QED) is 0.210. The second kappa shape index (κ2) is 16.1. The van der Waals surface area contributed by atoms with Crippen molar-refractivity contribution < 1.29 is 14.4 Å². The Hall–Kier alpha value is -4.94. The van der Waals surface area contributed by atoms with E-state index in [1.165, 1.54) is 22.6 Å². The van der Waals surface area contributed by atoms with Crippen molar-refractivity contribution in [2.75, 3.05) is 42.7 Å². The first kappa shape index (κ1) is 33.6. The van der Waals surface area contributed by atoms with Crippen molar-refractivity contribution in [3.63, 3.8) is 0 Å². The lowest BCUT2D eigenvalue weighted by Crippen LogP contribution is -2.36. The summed E-state index contributed by atoms with van der Waals surface area (Å²) in [4.78, 5) is 58.9. The first-order valence-electron chi connectivity index (χ1n) is 14.5. The minimum Gasteiger partial charge on any atom is -0.362 e. The second-order valence-electron chi connectivity index (χ2n) is 10.7. The third-order valence-corrected chi connectivity index (χ3v) is 6.84. The highest BCUT2D eigenvalue weighted by Gasteiger charge is 2.20. The van der Waals surface area contributed by atoms with Gasteiger partial charge >= 0.3 is 0 Å². The van der Waals surface area contributed by atoms with E-state index in [0.717, 1.165) is 35.8 Å². The van der Waals surface area contributed by atoms with Gasteiger partial charge in [-0.05, 0) is 70.4 Å². The van der Waals surface area contributed by atoms with Crippen LogP contribution in [0, 0.1) is 12.8 Å². The van der Waals surface area contributed by atoms with Crippen LogP contribution in [0.1, 0.15) is 56.7 Å². The monoisotopic (exact) mass is 602 g/mol. The number of aryl methyl sites for hydroxylation is 2. The van der Waals surface area contributed by atoms with Gasteiger partial charge in [-0.25, -0.2) is 15.0 Å². The van der Waals surface area contributed by atoms with E-state index in [0.29, 0.717) is 41.6 Å². The molecule has 3 heterocycles. The number of pyridine rings is 1. The van der Waals surface area contributed by atoms with Crippen LogP contribution in [0.15, 0.2) is 46.3 Å². The number of amides is 3. The fourth-order valence-electron chi connectivity index (χ4n) is 4.03. The normalized spacial score (nSPS) is 13.5. The average molecular weight is 603 g/mol. The lowest BCUT2D eigenvalue weighted by molar-refractivity contribution is -0.128. The number of carbonyl (C=O) groups is 3. The van der Waals surface area contributed by atoms with Crippen molar-refractivity contribution >= 4 is 54.6 Å². The van der Waals surface area contributed by atoms with Gasteiger partial charge in [-0.2, -0.15) is 0 Å². The lowest BCUT2D eigenvalue weighted by Gasteiger charge is -2.20. The van der Waals surface area contributed by atoms with Gasteiger partial charge < -0.3 is 24.8 Å². The van der Waals surface area contributed by atoms with E-state index in [4.69, 9.17) is 4.98 Å². The summed E-state index contributed by atoms with van der Waals surface area (Å²) >= 11 is 0. The van der Waals surface area contributed by atoms with E-state index >= 15 is 0 Å². The van der Waals surface area contributed by atoms with Crippen LogP contribution in [-0.2, 0) is 20.8 Å². The number of hydrogen-bond donors (Lipinski definition) is 2. The maximum atomic E-state index is 12.2. The summed E-state index contributed by atoms with van der Waals surface area (Å²) in [5.74, 6) is 2.12. The zero-order valence-electron chi connectivity index (χ0n) is 26.3. The largest absolute Gasteiger partial charge is 0.362 e. The van der Waals surface area contributed by atoms with E-state index in [2.05, 4.69) is 37.3 Å². The SMILES string of the molecule is C=N/C(C)=C\C=NCC1CC1.CCc1cc(N(C=O)CC(=O)N(C)C)c2nc([C@@H](C)Nc3cc(NC=O)nc(C)n3)cn2c1. The molecule has 1 fully saturated rings. The molecule has 3 amide bonds. The van der Waals surface area contributed by atoms with Gasteiger partial charge in [-0.15, -0.1) is 0 Å². The molecule has 0 aliphatic heterocycles. The molecule has 3 aromatic heterocycles. The van der Waals surface area contributed by atoms with Gasteiger partial charge in [0.25, 0.3) is 0 Å². The van der Waals surface area contributed by atoms with Gasteiger partial charge in [0.1, 0.15) is 24.0 Å². The van der Waals surface area contributed by atoms with E-state index in [-0.39, 0.29) is 18.5 Å². The van der Waals surface area contributed by atoms with E-state index in [1.54, 1.807) is 27.1 Å². The number of hydrogen-bond acceptors (Lipinski definition) is 9. The van der Waals surface area contributed by atoms with Crippen LogP contribution in [0.25, 0.3) is 5.65 Å². The summed E-state index contributed by atoms with van der Waals surface area (Å²) in [6.07, 6.45) is 12.2. The Balaban J connectivity index is 0.000000404. The third kappa shape index (κ3) is 9.82. The molecule has 0 bridgehead atoms. The number of fused-ring (bicyclic) bond motifs is 1. The molecule has 0 spiro atoms. The molecule has 1 atom stereocenters. The highest BCUT2D eigenvalue weighted by atomic mass is 16.2. The number of aromatic nitrogens is 4. The zero-order chi connectivity index (χ0) is 32.2. The zero-order valence-corrected chi connectivity index (χ0v) is 26.3. The minimum absolute atomic E-state index is 0.0813. The highest BCUT2D eigenvalue weighted by molar-refractivity contribution is 5.92. The van der Waals surface area contributed by atoms with Gasteiger partial charge in [0.15, 0.2) is 5.65 Å². The van der Waals surface area contributed by atoms with E-state index in [9.17, 15) is 14.4 Å². The number of carbonyl (C=O) groups excluding carboxylic acids is 3. The Morgan fingerprint density at radius 2 is 1.91 bits per heavy atom. The number of nitrogens with one attached hydrogen (secondary N) is 2. The van der Waals surface area contributed by atoms with Gasteiger partial charge in [0.05, 0.1) is 17.4 Å². The van der Waals surface area contributed by atoms with Crippen LogP contribution < -0.4 is 15.5 Å². The molecule has 0 unspecified atom stereocenters. The predicted octanol–water partition coefficient (Wildman–Crippen LogP) is 3.86. The molecule has 4 rings (SSSR count). The summed E-state index contributed by atoms with van der Waals surface area (Å²) in [5.41, 5.74) is 3.77. The van der Waals surface area contributed by atoms with Crippen molar-refractivity contribution in [1.82, 2.24) is 24.3 Å². The summed E-state index contributed by atoms with van der Waals surface area (Å²) in [7, 11) is 3.30. The molecule has 0 radical (unpaired) electrons. The first-order chi connectivity index (χ1) is 21.1. The number of nitrogens with zero attached hydrogens (tertiary/aromatic N) is 8. The molecule has 1 aliphatic rings. The smallest absolute Gasteiger partial charge is 0.242 e. The van der Waals surface area contributed by atoms with Crippen molar-refractivity contribution in [1.29, 1.82) is 0 Å². The van der Waals surface area contributed by atoms with Gasteiger partial charge in [-0.1, -0.05) is 6.92 Å². The Morgan fingerprint density at radius 1 is 1.18 bits per heavy atom. The molecule has 1 saturated carbocycles. The van der Waals surface area contributed by atoms with E-state index in [1.807, 2.05) is 55.9 Å². The number of anilines is 3. The maximum absolute atomic E-state index is 12.2. The summed E-state index contributed by atoms with van der Waals surface area (Å²) < 4.78 is 1.86. The number of imidazole rings is 1. The van der Waals surface area contributed by atoms with Crippen LogP contribution in [0.2, 0.25) is 0 Å². The Bertz CT molecular complexity index is 1520. The lowest BCUT2D eigenvalue weighted by atomic mass is 10.2. The molecule has 44 heavy (non-hydrogen) atoms. The summed E-state index contributed by atoms with van der Waals surface area (Å²) in [6, 6.07) is 3.27.